The lowest BCUT2D eigenvalue weighted by atomic mass is 9.79. The number of nitrogens with zero attached hydrogens (tertiary/aromatic N) is 2. The van der Waals surface area contributed by atoms with E-state index in [2.05, 4.69) is 41.8 Å². The predicted octanol–water partition coefficient (Wildman–Crippen LogP) is 5.50. The zero-order valence-electron chi connectivity index (χ0n) is 18.6. The Kier molecular flexibility index (Phi) is 6.88. The molecule has 2 aromatic rings. The van der Waals surface area contributed by atoms with Gasteiger partial charge in [0.05, 0.1) is 6.61 Å². The summed E-state index contributed by atoms with van der Waals surface area (Å²) < 4.78 is 6.06. The van der Waals surface area contributed by atoms with Gasteiger partial charge >= 0.3 is 0 Å². The van der Waals surface area contributed by atoms with Crippen molar-refractivity contribution in [1.29, 1.82) is 0 Å². The van der Waals surface area contributed by atoms with Gasteiger partial charge in [-0.2, -0.15) is 0 Å². The van der Waals surface area contributed by atoms with E-state index in [0.717, 1.165) is 63.5 Å². The second kappa shape index (κ2) is 9.62. The van der Waals surface area contributed by atoms with E-state index in [9.17, 15) is 4.79 Å². The van der Waals surface area contributed by atoms with Crippen molar-refractivity contribution in [1.82, 2.24) is 9.80 Å². The number of hydrogen-bond acceptors (Lipinski definition) is 3. The molecule has 4 rings (SSSR count). The second-order valence-corrected chi connectivity index (χ2v) is 10.0. The average Bonchev–Trinajstić information content (AvgIpc) is 3.14. The molecule has 31 heavy (non-hydrogen) atoms. The maximum Gasteiger partial charge on any atom is 0.253 e. The summed E-state index contributed by atoms with van der Waals surface area (Å²) in [5, 5.41) is 0.663. The molecule has 166 valence electrons. The van der Waals surface area contributed by atoms with E-state index in [1.807, 2.05) is 18.2 Å². The second-order valence-electron chi connectivity index (χ2n) is 9.61. The van der Waals surface area contributed by atoms with Crippen molar-refractivity contribution >= 4 is 17.5 Å². The fraction of sp³-hybridized carbons (Fsp3) is 0.500. The lowest BCUT2D eigenvalue weighted by Gasteiger charge is -2.40. The molecule has 1 amide bonds. The number of hydrogen-bond donors (Lipinski definition) is 0. The molecular weight excluding hydrogens is 408 g/mol. The van der Waals surface area contributed by atoms with Crippen LogP contribution in [0.5, 0.6) is 5.75 Å². The number of carbonyl (C=O) groups excluding carboxylic acids is 1. The van der Waals surface area contributed by atoms with Crippen molar-refractivity contribution in [2.45, 2.75) is 39.7 Å². The maximum atomic E-state index is 13.0. The van der Waals surface area contributed by atoms with Crippen LogP contribution in [0.3, 0.4) is 0 Å². The minimum absolute atomic E-state index is 0.127. The molecule has 0 aliphatic carbocycles. The number of amides is 1. The topological polar surface area (TPSA) is 32.8 Å². The zero-order chi connectivity index (χ0) is 21.8. The Hall–Kier alpha value is -2.04. The number of ether oxygens (including phenoxy) is 1. The molecule has 0 aromatic heterocycles. The lowest BCUT2D eigenvalue weighted by Crippen LogP contribution is -2.47. The van der Waals surface area contributed by atoms with Gasteiger partial charge in [0.1, 0.15) is 5.75 Å². The number of halogens is 1. The van der Waals surface area contributed by atoms with Crippen LogP contribution in [0, 0.1) is 11.3 Å². The number of benzene rings is 2. The van der Waals surface area contributed by atoms with Crippen molar-refractivity contribution < 1.29 is 9.53 Å². The normalized spacial score (nSPS) is 21.7. The summed E-state index contributed by atoms with van der Waals surface area (Å²) in [6, 6.07) is 15.7. The SMILES string of the molecule is CC(C)COc1ccccc1CN1CCC2(CCCN(C(=O)c3ccc(Cl)cc3)C2)C1. The minimum Gasteiger partial charge on any atom is -0.493 e. The van der Waals surface area contributed by atoms with E-state index in [-0.39, 0.29) is 11.3 Å². The molecule has 2 saturated heterocycles. The van der Waals surface area contributed by atoms with Gasteiger partial charge in [0.2, 0.25) is 0 Å². The Labute approximate surface area is 191 Å². The third kappa shape index (κ3) is 5.42. The van der Waals surface area contributed by atoms with Gasteiger partial charge in [-0.25, -0.2) is 0 Å². The molecule has 2 aromatic carbocycles. The van der Waals surface area contributed by atoms with Gasteiger partial charge in [0.25, 0.3) is 5.91 Å². The van der Waals surface area contributed by atoms with Gasteiger partial charge in [-0.3, -0.25) is 9.69 Å². The van der Waals surface area contributed by atoms with Crippen LogP contribution in [0.2, 0.25) is 5.02 Å². The van der Waals surface area contributed by atoms with Crippen molar-refractivity contribution in [3.8, 4) is 5.75 Å². The van der Waals surface area contributed by atoms with Gasteiger partial charge in [-0.1, -0.05) is 43.6 Å². The average molecular weight is 441 g/mol. The van der Waals surface area contributed by atoms with Crippen molar-refractivity contribution in [2.24, 2.45) is 11.3 Å². The van der Waals surface area contributed by atoms with Crippen LogP contribution < -0.4 is 4.74 Å². The monoisotopic (exact) mass is 440 g/mol. The molecule has 2 heterocycles. The molecule has 4 nitrogen and oxygen atoms in total. The Bertz CT molecular complexity index is 899. The first-order chi connectivity index (χ1) is 14.9. The van der Waals surface area contributed by atoms with Crippen LogP contribution in [0.4, 0.5) is 0 Å². The summed E-state index contributed by atoms with van der Waals surface area (Å²) in [6.45, 7) is 9.78. The summed E-state index contributed by atoms with van der Waals surface area (Å²) in [5.41, 5.74) is 2.19. The highest BCUT2D eigenvalue weighted by atomic mass is 35.5. The Morgan fingerprint density at radius 1 is 1.06 bits per heavy atom. The molecular formula is C26H33ClN2O2. The number of para-hydroxylation sites is 1. The molecule has 0 bridgehead atoms. The minimum atomic E-state index is 0.127. The number of piperidine rings is 1. The first-order valence-electron chi connectivity index (χ1n) is 11.4. The van der Waals surface area contributed by atoms with Crippen LogP contribution in [-0.2, 0) is 6.54 Å². The molecule has 2 aliphatic heterocycles. The number of likely N-dealkylation sites (tertiary alicyclic amines) is 2. The first-order valence-corrected chi connectivity index (χ1v) is 11.8. The van der Waals surface area contributed by atoms with Crippen LogP contribution in [0.25, 0.3) is 0 Å². The molecule has 0 radical (unpaired) electrons. The van der Waals surface area contributed by atoms with Crippen LogP contribution in [-0.4, -0.2) is 48.5 Å². The Balaban J connectivity index is 1.40. The fourth-order valence-corrected chi connectivity index (χ4v) is 5.05. The predicted molar refractivity (Wildman–Crippen MR) is 126 cm³/mol. The van der Waals surface area contributed by atoms with Crippen molar-refractivity contribution in [2.75, 3.05) is 32.8 Å². The highest BCUT2D eigenvalue weighted by molar-refractivity contribution is 6.30. The first kappa shape index (κ1) is 22.2. The van der Waals surface area contributed by atoms with Gasteiger partial charge in [0.15, 0.2) is 0 Å². The molecule has 2 aliphatic rings. The van der Waals surface area contributed by atoms with Gasteiger partial charge < -0.3 is 9.64 Å². The van der Waals surface area contributed by atoms with Gasteiger partial charge in [-0.15, -0.1) is 0 Å². The zero-order valence-corrected chi connectivity index (χ0v) is 19.4. The standard InChI is InChI=1S/C26H33ClN2O2/c1-20(2)17-31-24-7-4-3-6-22(24)16-28-15-13-26(18-28)12-5-14-29(19-26)25(30)21-8-10-23(27)11-9-21/h3-4,6-11,20H,5,12-19H2,1-2H3. The smallest absolute Gasteiger partial charge is 0.253 e. The Morgan fingerprint density at radius 3 is 2.61 bits per heavy atom. The highest BCUT2D eigenvalue weighted by Gasteiger charge is 2.42. The van der Waals surface area contributed by atoms with E-state index < -0.39 is 0 Å². The molecule has 2 fully saturated rings. The van der Waals surface area contributed by atoms with Crippen LogP contribution >= 0.6 is 11.6 Å². The highest BCUT2D eigenvalue weighted by Crippen LogP contribution is 2.40. The molecule has 1 spiro atoms. The van der Waals surface area contributed by atoms with E-state index in [0.29, 0.717) is 10.9 Å². The summed E-state index contributed by atoms with van der Waals surface area (Å²) >= 11 is 5.99. The Morgan fingerprint density at radius 2 is 1.84 bits per heavy atom. The largest absolute Gasteiger partial charge is 0.493 e. The molecule has 0 N–H and O–H groups in total. The summed E-state index contributed by atoms with van der Waals surface area (Å²) in [4.78, 5) is 17.6. The van der Waals surface area contributed by atoms with Crippen LogP contribution in [0.15, 0.2) is 48.5 Å². The number of rotatable bonds is 6. The fourth-order valence-electron chi connectivity index (χ4n) is 4.92. The van der Waals surface area contributed by atoms with Crippen molar-refractivity contribution in [3.05, 3.63) is 64.7 Å². The van der Waals surface area contributed by atoms with E-state index >= 15 is 0 Å². The molecule has 1 unspecified atom stereocenters. The lowest BCUT2D eigenvalue weighted by molar-refractivity contribution is 0.0526. The third-order valence-corrected chi connectivity index (χ3v) is 6.75. The molecule has 0 saturated carbocycles. The van der Waals surface area contributed by atoms with Gasteiger partial charge in [-0.05, 0) is 62.1 Å². The molecule has 5 heteroatoms. The maximum absolute atomic E-state index is 13.0. The van der Waals surface area contributed by atoms with E-state index in [1.54, 1.807) is 12.1 Å². The molecule has 1 atom stereocenters. The number of carbonyl (C=O) groups is 1. The van der Waals surface area contributed by atoms with Crippen molar-refractivity contribution in [3.63, 3.8) is 0 Å². The van der Waals surface area contributed by atoms with E-state index in [4.69, 9.17) is 16.3 Å². The summed E-state index contributed by atoms with van der Waals surface area (Å²) in [7, 11) is 0. The summed E-state index contributed by atoms with van der Waals surface area (Å²) in [6.07, 6.45) is 3.41. The quantitative estimate of drug-likeness (QED) is 0.594. The van der Waals surface area contributed by atoms with Gasteiger partial charge in [0, 0.05) is 47.7 Å². The van der Waals surface area contributed by atoms with E-state index in [1.165, 1.54) is 12.0 Å². The van der Waals surface area contributed by atoms with Crippen LogP contribution in [0.1, 0.15) is 49.0 Å². The third-order valence-electron chi connectivity index (χ3n) is 6.50. The summed E-state index contributed by atoms with van der Waals surface area (Å²) in [5.74, 6) is 1.64.